The van der Waals surface area contributed by atoms with Gasteiger partial charge >= 0.3 is 0 Å². The fourth-order valence-electron chi connectivity index (χ4n) is 2.77. The fourth-order valence-corrected chi connectivity index (χ4v) is 2.95. The van der Waals surface area contributed by atoms with Crippen LogP contribution < -0.4 is 5.32 Å². The summed E-state index contributed by atoms with van der Waals surface area (Å²) in [7, 11) is 1.70. The van der Waals surface area contributed by atoms with Crippen LogP contribution in [0.15, 0.2) is 48.5 Å². The number of Topliss-reactive ketones (excluding diaryl/α,β-unsaturated/α-hetero) is 1. The highest BCUT2D eigenvalue weighted by Crippen LogP contribution is 2.23. The lowest BCUT2D eigenvalue weighted by molar-refractivity contribution is -0.384. The Labute approximate surface area is 168 Å². The minimum absolute atomic E-state index is 0.0254. The summed E-state index contributed by atoms with van der Waals surface area (Å²) < 4.78 is 0. The van der Waals surface area contributed by atoms with E-state index in [9.17, 15) is 19.7 Å². The van der Waals surface area contributed by atoms with Crippen LogP contribution in [0.5, 0.6) is 0 Å². The van der Waals surface area contributed by atoms with E-state index in [1.807, 2.05) is 30.3 Å². The van der Waals surface area contributed by atoms with Crippen LogP contribution >= 0.6 is 11.6 Å². The number of hydrogen-bond donors (Lipinski definition) is 1. The summed E-state index contributed by atoms with van der Waals surface area (Å²) in [5.74, 6) is -0.429. The number of carbonyl (C=O) groups excluding carboxylic acids is 2. The number of carbonyl (C=O) groups is 2. The molecule has 148 valence electrons. The van der Waals surface area contributed by atoms with Gasteiger partial charge in [0.1, 0.15) is 0 Å². The number of amides is 1. The highest BCUT2D eigenvalue weighted by molar-refractivity contribution is 6.31. The third-order valence-electron chi connectivity index (χ3n) is 4.20. The summed E-state index contributed by atoms with van der Waals surface area (Å²) in [5.41, 5.74) is 1.45. The zero-order chi connectivity index (χ0) is 20.7. The molecule has 2 aromatic carbocycles. The van der Waals surface area contributed by atoms with E-state index < -0.39 is 11.0 Å². The summed E-state index contributed by atoms with van der Waals surface area (Å²) >= 11 is 6.10. The van der Waals surface area contributed by atoms with Crippen LogP contribution in [0, 0.1) is 10.1 Å². The highest BCUT2D eigenvalue weighted by atomic mass is 35.5. The standard InChI is InChI=1S/C20H22ClN3O4/c1-14(25)19(10-15-6-4-3-5-7-15)22-20(26)13-23(2)12-16-11-17(24(27)28)8-9-18(16)21/h3-9,11,19H,10,12-13H2,1-2H3,(H,22,26)/t19-/m0/s1. The summed E-state index contributed by atoms with van der Waals surface area (Å²) in [6.45, 7) is 1.73. The van der Waals surface area contributed by atoms with Gasteiger partial charge in [-0.3, -0.25) is 24.6 Å². The second-order valence-corrected chi connectivity index (χ2v) is 7.03. The summed E-state index contributed by atoms with van der Waals surface area (Å²) in [4.78, 5) is 36.4. The van der Waals surface area contributed by atoms with Gasteiger partial charge in [-0.05, 0) is 37.6 Å². The number of nitro benzene ring substituents is 1. The van der Waals surface area contributed by atoms with E-state index in [1.165, 1.54) is 25.1 Å². The molecule has 2 rings (SSSR count). The Morgan fingerprint density at radius 3 is 2.50 bits per heavy atom. The molecule has 0 radical (unpaired) electrons. The Balaban J connectivity index is 1.96. The van der Waals surface area contributed by atoms with Gasteiger partial charge in [-0.1, -0.05) is 41.9 Å². The zero-order valence-electron chi connectivity index (χ0n) is 15.7. The molecule has 0 bridgehead atoms. The number of rotatable bonds is 9. The third-order valence-corrected chi connectivity index (χ3v) is 4.57. The second-order valence-electron chi connectivity index (χ2n) is 6.63. The maximum absolute atomic E-state index is 12.4. The van der Waals surface area contributed by atoms with Gasteiger partial charge in [-0.2, -0.15) is 0 Å². The van der Waals surface area contributed by atoms with Crippen LogP contribution in [0.3, 0.4) is 0 Å². The monoisotopic (exact) mass is 403 g/mol. The first kappa shape index (κ1) is 21.5. The third kappa shape index (κ3) is 6.44. The molecule has 0 aliphatic carbocycles. The maximum Gasteiger partial charge on any atom is 0.269 e. The molecule has 2 aromatic rings. The molecule has 1 amide bonds. The molecular formula is C20H22ClN3O4. The van der Waals surface area contributed by atoms with E-state index in [-0.39, 0.29) is 30.5 Å². The summed E-state index contributed by atoms with van der Waals surface area (Å²) in [6.07, 6.45) is 0.419. The van der Waals surface area contributed by atoms with Crippen molar-refractivity contribution in [1.82, 2.24) is 10.2 Å². The van der Waals surface area contributed by atoms with Gasteiger partial charge < -0.3 is 5.32 Å². The quantitative estimate of drug-likeness (QED) is 0.513. The topological polar surface area (TPSA) is 92.6 Å². The number of nitro groups is 1. The average molecular weight is 404 g/mol. The molecule has 0 fully saturated rings. The molecule has 7 nitrogen and oxygen atoms in total. The molecule has 28 heavy (non-hydrogen) atoms. The van der Waals surface area contributed by atoms with Crippen LogP contribution in [-0.2, 0) is 22.6 Å². The molecule has 0 saturated carbocycles. The Kier molecular flexibility index (Phi) is 7.66. The molecule has 0 aliphatic rings. The molecule has 1 atom stereocenters. The second kappa shape index (κ2) is 9.96. The Hall–Kier alpha value is -2.77. The van der Waals surface area contributed by atoms with Crippen LogP contribution in [0.25, 0.3) is 0 Å². The van der Waals surface area contributed by atoms with Gasteiger partial charge in [0.25, 0.3) is 5.69 Å². The maximum atomic E-state index is 12.4. The van der Waals surface area contributed by atoms with Crippen LogP contribution in [-0.4, -0.2) is 41.1 Å². The van der Waals surface area contributed by atoms with Gasteiger partial charge in [0, 0.05) is 23.7 Å². The largest absolute Gasteiger partial charge is 0.345 e. The lowest BCUT2D eigenvalue weighted by atomic mass is 10.0. The number of hydrogen-bond acceptors (Lipinski definition) is 5. The van der Waals surface area contributed by atoms with E-state index in [0.29, 0.717) is 17.0 Å². The molecule has 0 unspecified atom stereocenters. The molecule has 1 N–H and O–H groups in total. The number of nitrogens with one attached hydrogen (secondary N) is 1. The van der Waals surface area contributed by atoms with Gasteiger partial charge in [0.05, 0.1) is 17.5 Å². The number of halogens is 1. The Bertz CT molecular complexity index is 858. The van der Waals surface area contributed by atoms with Crippen molar-refractivity contribution >= 4 is 29.0 Å². The van der Waals surface area contributed by atoms with Crippen LogP contribution in [0.4, 0.5) is 5.69 Å². The lowest BCUT2D eigenvalue weighted by Crippen LogP contribution is -2.45. The van der Waals surface area contributed by atoms with Crippen molar-refractivity contribution in [3.05, 3.63) is 74.8 Å². The fraction of sp³-hybridized carbons (Fsp3) is 0.300. The molecular weight excluding hydrogens is 382 g/mol. The first-order valence-corrected chi connectivity index (χ1v) is 9.09. The zero-order valence-corrected chi connectivity index (χ0v) is 16.5. The van der Waals surface area contributed by atoms with Crippen molar-refractivity contribution < 1.29 is 14.5 Å². The van der Waals surface area contributed by atoms with Gasteiger partial charge in [-0.15, -0.1) is 0 Å². The number of nitrogens with zero attached hydrogens (tertiary/aromatic N) is 2. The van der Waals surface area contributed by atoms with Crippen LogP contribution in [0.1, 0.15) is 18.1 Å². The molecule has 0 aliphatic heterocycles. The minimum atomic E-state index is -0.607. The number of ketones is 1. The first-order chi connectivity index (χ1) is 13.3. The Morgan fingerprint density at radius 1 is 1.21 bits per heavy atom. The van der Waals surface area contributed by atoms with Crippen molar-refractivity contribution in [2.24, 2.45) is 0 Å². The predicted molar refractivity (Wildman–Crippen MR) is 107 cm³/mol. The normalized spacial score (nSPS) is 11.9. The van der Waals surface area contributed by atoms with Crippen molar-refractivity contribution in [2.75, 3.05) is 13.6 Å². The van der Waals surface area contributed by atoms with Crippen LogP contribution in [0.2, 0.25) is 5.02 Å². The Morgan fingerprint density at radius 2 is 1.89 bits per heavy atom. The minimum Gasteiger partial charge on any atom is -0.345 e. The number of benzene rings is 2. The van der Waals surface area contributed by atoms with Gasteiger partial charge in [0.2, 0.25) is 5.91 Å². The molecule has 0 spiro atoms. The van der Waals surface area contributed by atoms with Crippen molar-refractivity contribution in [3.63, 3.8) is 0 Å². The van der Waals surface area contributed by atoms with Crippen molar-refractivity contribution in [2.45, 2.75) is 25.9 Å². The summed E-state index contributed by atoms with van der Waals surface area (Å²) in [5, 5.41) is 14.1. The first-order valence-electron chi connectivity index (χ1n) is 8.71. The van der Waals surface area contributed by atoms with Gasteiger partial charge in [0.15, 0.2) is 5.78 Å². The SMILES string of the molecule is CC(=O)[C@H](Cc1ccccc1)NC(=O)CN(C)Cc1cc([N+](=O)[O-])ccc1Cl. The number of non-ortho nitro benzene ring substituents is 1. The average Bonchev–Trinajstić information content (AvgIpc) is 2.63. The number of likely N-dealkylation sites (N-methyl/N-ethyl adjacent to an activating group) is 1. The molecule has 0 saturated heterocycles. The van der Waals surface area contributed by atoms with E-state index in [1.54, 1.807) is 11.9 Å². The van der Waals surface area contributed by atoms with Crippen molar-refractivity contribution in [1.29, 1.82) is 0 Å². The van der Waals surface area contributed by atoms with E-state index in [4.69, 9.17) is 11.6 Å². The molecule has 8 heteroatoms. The summed E-state index contributed by atoms with van der Waals surface area (Å²) in [6, 6.07) is 13.0. The van der Waals surface area contributed by atoms with E-state index >= 15 is 0 Å². The van der Waals surface area contributed by atoms with Crippen molar-refractivity contribution in [3.8, 4) is 0 Å². The van der Waals surface area contributed by atoms with Gasteiger partial charge in [-0.25, -0.2) is 0 Å². The molecule has 0 aromatic heterocycles. The molecule has 0 heterocycles. The van der Waals surface area contributed by atoms with E-state index in [0.717, 1.165) is 5.56 Å². The highest BCUT2D eigenvalue weighted by Gasteiger charge is 2.19. The van der Waals surface area contributed by atoms with E-state index in [2.05, 4.69) is 5.32 Å². The lowest BCUT2D eigenvalue weighted by Gasteiger charge is -2.20. The smallest absolute Gasteiger partial charge is 0.269 e. The predicted octanol–water partition coefficient (Wildman–Crippen LogP) is 3.00.